The zero-order valence-electron chi connectivity index (χ0n) is 11.3. The SMILES string of the molecule is CCN(CC)C1=CC=CC(c2ccccc2)=CC1. The lowest BCUT2D eigenvalue weighted by Gasteiger charge is -2.23. The second kappa shape index (κ2) is 6.25. The summed E-state index contributed by atoms with van der Waals surface area (Å²) in [7, 11) is 0. The van der Waals surface area contributed by atoms with E-state index in [0.717, 1.165) is 19.5 Å². The van der Waals surface area contributed by atoms with Crippen molar-refractivity contribution in [3.05, 3.63) is 65.9 Å². The van der Waals surface area contributed by atoms with Crippen molar-refractivity contribution in [2.24, 2.45) is 0 Å². The Balaban J connectivity index is 2.17. The monoisotopic (exact) mass is 239 g/mol. The van der Waals surface area contributed by atoms with Gasteiger partial charge in [0.15, 0.2) is 0 Å². The molecule has 0 saturated heterocycles. The van der Waals surface area contributed by atoms with Gasteiger partial charge in [-0.3, -0.25) is 0 Å². The molecule has 0 unspecified atom stereocenters. The maximum absolute atomic E-state index is 2.41. The predicted octanol–water partition coefficient (Wildman–Crippen LogP) is 4.26. The highest BCUT2D eigenvalue weighted by Gasteiger charge is 2.06. The zero-order valence-corrected chi connectivity index (χ0v) is 11.3. The molecule has 2 rings (SSSR count). The van der Waals surface area contributed by atoms with Gasteiger partial charge in [-0.1, -0.05) is 48.6 Å². The Morgan fingerprint density at radius 1 is 1.06 bits per heavy atom. The normalized spacial score (nSPS) is 14.8. The van der Waals surface area contributed by atoms with E-state index in [2.05, 4.69) is 73.4 Å². The number of hydrogen-bond acceptors (Lipinski definition) is 1. The van der Waals surface area contributed by atoms with Crippen molar-refractivity contribution in [2.75, 3.05) is 13.1 Å². The molecule has 1 aromatic rings. The summed E-state index contributed by atoms with van der Waals surface area (Å²) in [6, 6.07) is 10.6. The van der Waals surface area contributed by atoms with E-state index in [9.17, 15) is 0 Å². The first-order valence-corrected chi connectivity index (χ1v) is 6.73. The van der Waals surface area contributed by atoms with Gasteiger partial charge in [-0.2, -0.15) is 0 Å². The van der Waals surface area contributed by atoms with Crippen LogP contribution in [0.15, 0.2) is 60.3 Å². The topological polar surface area (TPSA) is 3.24 Å². The first-order chi connectivity index (χ1) is 8.85. The van der Waals surface area contributed by atoms with Gasteiger partial charge in [-0.05, 0) is 31.1 Å². The zero-order chi connectivity index (χ0) is 12.8. The molecule has 1 nitrogen and oxygen atoms in total. The molecule has 0 radical (unpaired) electrons. The van der Waals surface area contributed by atoms with Crippen LogP contribution in [-0.4, -0.2) is 18.0 Å². The lowest BCUT2D eigenvalue weighted by atomic mass is 10.0. The first-order valence-electron chi connectivity index (χ1n) is 6.73. The smallest absolute Gasteiger partial charge is 0.0171 e. The largest absolute Gasteiger partial charge is 0.375 e. The van der Waals surface area contributed by atoms with Crippen molar-refractivity contribution < 1.29 is 0 Å². The van der Waals surface area contributed by atoms with Crippen LogP contribution >= 0.6 is 0 Å². The van der Waals surface area contributed by atoms with Crippen molar-refractivity contribution in [3.63, 3.8) is 0 Å². The van der Waals surface area contributed by atoms with Gasteiger partial charge in [-0.25, -0.2) is 0 Å². The quantitative estimate of drug-likeness (QED) is 0.759. The van der Waals surface area contributed by atoms with Gasteiger partial charge in [0.1, 0.15) is 0 Å². The summed E-state index contributed by atoms with van der Waals surface area (Å²) in [6.07, 6.45) is 9.94. The van der Waals surface area contributed by atoms with Crippen molar-refractivity contribution in [1.29, 1.82) is 0 Å². The lowest BCUT2D eigenvalue weighted by molar-refractivity contribution is 0.376. The first kappa shape index (κ1) is 12.7. The number of hydrogen-bond donors (Lipinski definition) is 0. The number of nitrogens with zero attached hydrogens (tertiary/aromatic N) is 1. The Hall–Kier alpha value is -1.76. The van der Waals surface area contributed by atoms with E-state index in [0.29, 0.717) is 0 Å². The van der Waals surface area contributed by atoms with Crippen LogP contribution in [0.4, 0.5) is 0 Å². The minimum atomic E-state index is 1.01. The molecule has 1 aromatic carbocycles. The molecule has 1 aliphatic carbocycles. The molecule has 0 N–H and O–H groups in total. The number of allylic oxidation sites excluding steroid dienone is 5. The standard InChI is InChI=1S/C17H21N/c1-3-18(4-2)17-12-8-11-16(13-14-17)15-9-6-5-7-10-15/h5-13H,3-4,14H2,1-2H3. The maximum atomic E-state index is 2.41. The molecule has 18 heavy (non-hydrogen) atoms. The van der Waals surface area contributed by atoms with Crippen LogP contribution in [0.25, 0.3) is 5.57 Å². The fourth-order valence-electron chi connectivity index (χ4n) is 2.32. The third-order valence-electron chi connectivity index (χ3n) is 3.37. The summed E-state index contributed by atoms with van der Waals surface area (Å²) in [5.74, 6) is 0. The van der Waals surface area contributed by atoms with Crippen LogP contribution < -0.4 is 0 Å². The maximum Gasteiger partial charge on any atom is 0.0171 e. The minimum absolute atomic E-state index is 1.01. The number of benzene rings is 1. The Morgan fingerprint density at radius 3 is 2.44 bits per heavy atom. The lowest BCUT2D eigenvalue weighted by Crippen LogP contribution is -2.21. The summed E-state index contributed by atoms with van der Waals surface area (Å²) in [4.78, 5) is 2.41. The Labute approximate surface area is 110 Å². The summed E-state index contributed by atoms with van der Waals surface area (Å²) in [5.41, 5.74) is 4.01. The van der Waals surface area contributed by atoms with Crippen LogP contribution in [0.3, 0.4) is 0 Å². The van der Waals surface area contributed by atoms with Crippen molar-refractivity contribution >= 4 is 5.57 Å². The highest BCUT2D eigenvalue weighted by Crippen LogP contribution is 2.22. The Bertz CT molecular complexity index is 462. The van der Waals surface area contributed by atoms with E-state index in [4.69, 9.17) is 0 Å². The molecule has 0 aliphatic heterocycles. The third kappa shape index (κ3) is 2.92. The van der Waals surface area contributed by atoms with Gasteiger partial charge in [-0.15, -0.1) is 0 Å². The molecular formula is C17H21N. The molecule has 0 fully saturated rings. The molecule has 0 bridgehead atoms. The van der Waals surface area contributed by atoms with Gasteiger partial charge in [0.2, 0.25) is 0 Å². The average molecular weight is 239 g/mol. The van der Waals surface area contributed by atoms with Crippen molar-refractivity contribution in [2.45, 2.75) is 20.3 Å². The fraction of sp³-hybridized carbons (Fsp3) is 0.294. The molecule has 1 heteroatoms. The molecule has 0 atom stereocenters. The Morgan fingerprint density at radius 2 is 1.78 bits per heavy atom. The van der Waals surface area contributed by atoms with Crippen molar-refractivity contribution in [1.82, 2.24) is 4.90 Å². The highest BCUT2D eigenvalue weighted by atomic mass is 15.1. The Kier molecular flexibility index (Phi) is 4.40. The van der Waals surface area contributed by atoms with E-state index < -0.39 is 0 Å². The van der Waals surface area contributed by atoms with Gasteiger partial charge in [0.25, 0.3) is 0 Å². The van der Waals surface area contributed by atoms with Gasteiger partial charge in [0, 0.05) is 25.2 Å². The van der Waals surface area contributed by atoms with Crippen LogP contribution in [0.1, 0.15) is 25.8 Å². The van der Waals surface area contributed by atoms with Gasteiger partial charge < -0.3 is 4.90 Å². The summed E-state index contributed by atoms with van der Waals surface area (Å²) < 4.78 is 0. The van der Waals surface area contributed by atoms with E-state index >= 15 is 0 Å². The van der Waals surface area contributed by atoms with Crippen LogP contribution in [0.5, 0.6) is 0 Å². The van der Waals surface area contributed by atoms with Gasteiger partial charge >= 0.3 is 0 Å². The highest BCUT2D eigenvalue weighted by molar-refractivity contribution is 5.75. The van der Waals surface area contributed by atoms with Gasteiger partial charge in [0.05, 0.1) is 0 Å². The number of rotatable bonds is 4. The fourth-order valence-corrected chi connectivity index (χ4v) is 2.32. The molecule has 0 spiro atoms. The second-order valence-electron chi connectivity index (χ2n) is 4.42. The second-order valence-corrected chi connectivity index (χ2v) is 4.42. The van der Waals surface area contributed by atoms with Crippen LogP contribution in [0.2, 0.25) is 0 Å². The molecule has 0 heterocycles. The molecular weight excluding hydrogens is 218 g/mol. The van der Waals surface area contributed by atoms with Crippen molar-refractivity contribution in [3.8, 4) is 0 Å². The summed E-state index contributed by atoms with van der Waals surface area (Å²) in [5, 5.41) is 0. The molecule has 0 amide bonds. The molecule has 0 aromatic heterocycles. The van der Waals surface area contributed by atoms with E-state index in [1.165, 1.54) is 16.8 Å². The molecule has 1 aliphatic rings. The van der Waals surface area contributed by atoms with Crippen LogP contribution in [0, 0.1) is 0 Å². The van der Waals surface area contributed by atoms with Crippen LogP contribution in [-0.2, 0) is 0 Å². The average Bonchev–Trinajstić information content (AvgIpc) is 2.67. The summed E-state index contributed by atoms with van der Waals surface area (Å²) in [6.45, 7) is 6.57. The third-order valence-corrected chi connectivity index (χ3v) is 3.37. The molecule has 94 valence electrons. The van der Waals surface area contributed by atoms with E-state index in [-0.39, 0.29) is 0 Å². The molecule has 0 saturated carbocycles. The van der Waals surface area contributed by atoms with E-state index in [1.54, 1.807) is 0 Å². The minimum Gasteiger partial charge on any atom is -0.375 e. The predicted molar refractivity (Wildman–Crippen MR) is 79.2 cm³/mol. The summed E-state index contributed by atoms with van der Waals surface area (Å²) >= 11 is 0. The van der Waals surface area contributed by atoms with E-state index in [1.807, 2.05) is 0 Å².